The van der Waals surface area contributed by atoms with E-state index in [9.17, 15) is 0 Å². The predicted octanol–water partition coefficient (Wildman–Crippen LogP) is 2.64. The normalized spacial score (nSPS) is 16.3. The third-order valence-electron chi connectivity index (χ3n) is 4.71. The van der Waals surface area contributed by atoms with Crippen molar-refractivity contribution in [3.8, 4) is 5.75 Å². The molecule has 1 aliphatic rings. The summed E-state index contributed by atoms with van der Waals surface area (Å²) in [5, 5.41) is 6.98. The topological polar surface area (TPSA) is 58.1 Å². The van der Waals surface area contributed by atoms with Crippen LogP contribution in [0.5, 0.6) is 5.75 Å². The second-order valence-electron chi connectivity index (χ2n) is 6.94. The van der Waals surface area contributed by atoms with Crippen LogP contribution in [0, 0.1) is 0 Å². The maximum absolute atomic E-state index is 5.60. The van der Waals surface area contributed by atoms with Crippen LogP contribution in [0.3, 0.4) is 0 Å². The Morgan fingerprint density at radius 2 is 1.89 bits per heavy atom. The van der Waals surface area contributed by atoms with Crippen LogP contribution < -0.4 is 15.4 Å². The van der Waals surface area contributed by atoms with Crippen LogP contribution in [-0.4, -0.2) is 63.4 Å². The van der Waals surface area contributed by atoms with Crippen LogP contribution in [0.1, 0.15) is 38.7 Å². The van der Waals surface area contributed by atoms with Gasteiger partial charge in [-0.1, -0.05) is 19.1 Å². The zero-order chi connectivity index (χ0) is 19.3. The first-order chi connectivity index (χ1) is 13.2. The molecule has 0 aromatic heterocycles. The Labute approximate surface area is 164 Å². The lowest BCUT2D eigenvalue weighted by Gasteiger charge is -2.32. The number of aliphatic imine (C=N–C) groups is 1. The molecular formula is C21H36N4O2. The fourth-order valence-electron chi connectivity index (χ4n) is 3.23. The van der Waals surface area contributed by atoms with E-state index in [1.807, 2.05) is 12.1 Å². The fourth-order valence-corrected chi connectivity index (χ4v) is 3.23. The minimum absolute atomic E-state index is 0.507. The van der Waals surface area contributed by atoms with E-state index in [0.29, 0.717) is 25.8 Å². The standard InChI is InChI=1S/C21H36N4O2/c1-4-12-25-13-10-19(11-14-25)24-21(22-5-2)23-17-18-6-8-20(9-7-18)27-16-15-26-3/h6-9,19H,4-5,10-17H2,1-3H3,(H2,22,23,24). The van der Waals surface area contributed by atoms with Crippen molar-refractivity contribution >= 4 is 5.96 Å². The van der Waals surface area contributed by atoms with Crippen molar-refractivity contribution in [3.63, 3.8) is 0 Å². The molecule has 27 heavy (non-hydrogen) atoms. The van der Waals surface area contributed by atoms with Crippen molar-refractivity contribution < 1.29 is 9.47 Å². The second-order valence-corrected chi connectivity index (χ2v) is 6.94. The van der Waals surface area contributed by atoms with Gasteiger partial charge in [0.1, 0.15) is 12.4 Å². The van der Waals surface area contributed by atoms with E-state index >= 15 is 0 Å². The molecule has 152 valence electrons. The molecule has 6 nitrogen and oxygen atoms in total. The molecular weight excluding hydrogens is 340 g/mol. The summed E-state index contributed by atoms with van der Waals surface area (Å²) < 4.78 is 10.6. The summed E-state index contributed by atoms with van der Waals surface area (Å²) >= 11 is 0. The maximum atomic E-state index is 5.60. The Bertz CT molecular complexity index is 540. The van der Waals surface area contributed by atoms with Crippen LogP contribution in [0.25, 0.3) is 0 Å². The van der Waals surface area contributed by atoms with E-state index < -0.39 is 0 Å². The second kappa shape index (κ2) is 12.6. The van der Waals surface area contributed by atoms with Gasteiger partial charge in [0.05, 0.1) is 13.2 Å². The Morgan fingerprint density at radius 3 is 2.52 bits per heavy atom. The molecule has 0 spiro atoms. The van der Waals surface area contributed by atoms with Crippen molar-refractivity contribution in [1.82, 2.24) is 15.5 Å². The molecule has 0 amide bonds. The van der Waals surface area contributed by atoms with Gasteiger partial charge in [0, 0.05) is 32.8 Å². The SMILES string of the molecule is CCCN1CCC(NC(=NCc2ccc(OCCOC)cc2)NCC)CC1. The van der Waals surface area contributed by atoms with Crippen molar-refractivity contribution in [3.05, 3.63) is 29.8 Å². The summed E-state index contributed by atoms with van der Waals surface area (Å²) in [6.07, 6.45) is 3.59. The number of likely N-dealkylation sites (tertiary alicyclic amines) is 1. The van der Waals surface area contributed by atoms with Gasteiger partial charge < -0.3 is 25.0 Å². The van der Waals surface area contributed by atoms with Gasteiger partial charge in [-0.15, -0.1) is 0 Å². The lowest BCUT2D eigenvalue weighted by molar-refractivity contribution is 0.146. The first-order valence-corrected chi connectivity index (χ1v) is 10.2. The van der Waals surface area contributed by atoms with E-state index in [2.05, 4.69) is 41.5 Å². The van der Waals surface area contributed by atoms with Crippen LogP contribution in [0.4, 0.5) is 0 Å². The van der Waals surface area contributed by atoms with Gasteiger partial charge in [-0.25, -0.2) is 4.99 Å². The molecule has 1 aromatic carbocycles. The van der Waals surface area contributed by atoms with Crippen LogP contribution >= 0.6 is 0 Å². The molecule has 1 saturated heterocycles. The van der Waals surface area contributed by atoms with Gasteiger partial charge in [0.25, 0.3) is 0 Å². The highest BCUT2D eigenvalue weighted by atomic mass is 16.5. The average molecular weight is 377 g/mol. The summed E-state index contributed by atoms with van der Waals surface area (Å²) in [6, 6.07) is 8.62. The smallest absolute Gasteiger partial charge is 0.191 e. The highest BCUT2D eigenvalue weighted by Gasteiger charge is 2.19. The molecule has 0 bridgehead atoms. The number of piperidine rings is 1. The molecule has 0 unspecified atom stereocenters. The van der Waals surface area contributed by atoms with Crippen LogP contribution in [0.2, 0.25) is 0 Å². The lowest BCUT2D eigenvalue weighted by atomic mass is 10.1. The summed E-state index contributed by atoms with van der Waals surface area (Å²) in [7, 11) is 1.68. The molecule has 0 atom stereocenters. The van der Waals surface area contributed by atoms with Gasteiger partial charge >= 0.3 is 0 Å². The predicted molar refractivity (Wildman–Crippen MR) is 112 cm³/mol. The molecule has 0 radical (unpaired) electrons. The van der Waals surface area contributed by atoms with Crippen LogP contribution in [-0.2, 0) is 11.3 Å². The molecule has 1 aromatic rings. The Hall–Kier alpha value is -1.79. The number of benzene rings is 1. The minimum Gasteiger partial charge on any atom is -0.491 e. The zero-order valence-corrected chi connectivity index (χ0v) is 17.2. The quantitative estimate of drug-likeness (QED) is 0.373. The van der Waals surface area contributed by atoms with Crippen molar-refractivity contribution in [2.45, 2.75) is 45.7 Å². The maximum Gasteiger partial charge on any atom is 0.191 e. The Kier molecular flexibility index (Phi) is 10.0. The zero-order valence-electron chi connectivity index (χ0n) is 17.2. The number of ether oxygens (including phenoxy) is 2. The van der Waals surface area contributed by atoms with Crippen molar-refractivity contribution in [2.75, 3.05) is 46.5 Å². The van der Waals surface area contributed by atoms with Gasteiger partial charge in [-0.2, -0.15) is 0 Å². The Morgan fingerprint density at radius 1 is 1.15 bits per heavy atom. The van der Waals surface area contributed by atoms with Gasteiger partial charge in [-0.05, 0) is 50.4 Å². The molecule has 0 saturated carbocycles. The molecule has 1 fully saturated rings. The number of hydrogen-bond acceptors (Lipinski definition) is 4. The average Bonchev–Trinajstić information content (AvgIpc) is 2.69. The summed E-state index contributed by atoms with van der Waals surface area (Å²) in [5.74, 6) is 1.77. The van der Waals surface area contributed by atoms with Crippen molar-refractivity contribution in [2.24, 2.45) is 4.99 Å². The first-order valence-electron chi connectivity index (χ1n) is 10.2. The monoisotopic (exact) mass is 376 g/mol. The number of nitrogens with one attached hydrogen (secondary N) is 2. The number of rotatable bonds is 10. The van der Waals surface area contributed by atoms with Gasteiger partial charge in [0.15, 0.2) is 5.96 Å². The number of hydrogen-bond donors (Lipinski definition) is 2. The number of guanidine groups is 1. The largest absolute Gasteiger partial charge is 0.491 e. The van der Waals surface area contributed by atoms with E-state index in [-0.39, 0.29) is 0 Å². The lowest BCUT2D eigenvalue weighted by Crippen LogP contribution is -2.48. The van der Waals surface area contributed by atoms with Gasteiger partial charge in [-0.3, -0.25) is 0 Å². The summed E-state index contributed by atoms with van der Waals surface area (Å²) in [6.45, 7) is 10.6. The highest BCUT2D eigenvalue weighted by molar-refractivity contribution is 5.80. The van der Waals surface area contributed by atoms with E-state index in [1.165, 1.54) is 44.5 Å². The number of nitrogens with zero attached hydrogens (tertiary/aromatic N) is 2. The van der Waals surface area contributed by atoms with E-state index in [0.717, 1.165) is 18.3 Å². The van der Waals surface area contributed by atoms with E-state index in [1.54, 1.807) is 7.11 Å². The number of methoxy groups -OCH3 is 1. The third kappa shape index (κ3) is 8.18. The Balaban J connectivity index is 1.82. The van der Waals surface area contributed by atoms with Crippen LogP contribution in [0.15, 0.2) is 29.3 Å². The van der Waals surface area contributed by atoms with Crippen molar-refractivity contribution in [1.29, 1.82) is 0 Å². The molecule has 6 heteroatoms. The van der Waals surface area contributed by atoms with Gasteiger partial charge in [0.2, 0.25) is 0 Å². The summed E-state index contributed by atoms with van der Waals surface area (Å²) in [5.41, 5.74) is 1.17. The third-order valence-corrected chi connectivity index (χ3v) is 4.71. The molecule has 2 N–H and O–H groups in total. The summed E-state index contributed by atoms with van der Waals surface area (Å²) in [4.78, 5) is 7.31. The minimum atomic E-state index is 0.507. The fraction of sp³-hybridized carbons (Fsp3) is 0.667. The first kappa shape index (κ1) is 21.5. The molecule has 2 rings (SSSR count). The molecule has 1 aliphatic heterocycles. The molecule has 1 heterocycles. The highest BCUT2D eigenvalue weighted by Crippen LogP contribution is 2.13. The molecule has 0 aliphatic carbocycles. The van der Waals surface area contributed by atoms with E-state index in [4.69, 9.17) is 14.5 Å².